The third kappa shape index (κ3) is 5.52. The Morgan fingerprint density at radius 2 is 1.36 bits per heavy atom. The highest BCUT2D eigenvalue weighted by molar-refractivity contribution is 5.41. The van der Waals surface area contributed by atoms with Crippen LogP contribution in [0, 0.1) is 17.6 Å². The van der Waals surface area contributed by atoms with Crippen LogP contribution in [-0.2, 0) is 5.60 Å². The Morgan fingerprint density at radius 1 is 0.848 bits per heavy atom. The predicted octanol–water partition coefficient (Wildman–Crippen LogP) is 4.96. The van der Waals surface area contributed by atoms with Crippen molar-refractivity contribution in [1.82, 2.24) is 4.90 Å². The van der Waals surface area contributed by atoms with Crippen molar-refractivity contribution in [3.05, 3.63) is 95.6 Å². The van der Waals surface area contributed by atoms with Gasteiger partial charge in [0.15, 0.2) is 0 Å². The van der Waals surface area contributed by atoms with E-state index in [-0.39, 0.29) is 17.6 Å². The van der Waals surface area contributed by atoms with Crippen LogP contribution in [0.3, 0.4) is 0 Å². The maximum Gasteiger partial charge on any atom is 0.123 e. The second kappa shape index (κ2) is 10.3. The number of nitrogens with two attached hydrogens (primary N) is 1. The largest absolute Gasteiger partial charge is 0.494 e. The summed E-state index contributed by atoms with van der Waals surface area (Å²) in [5, 5.41) is 11.9. The van der Waals surface area contributed by atoms with Crippen molar-refractivity contribution >= 4 is 5.69 Å². The molecule has 0 radical (unpaired) electrons. The molecule has 4 nitrogen and oxygen atoms in total. The minimum atomic E-state index is -1.30. The smallest absolute Gasteiger partial charge is 0.123 e. The molecule has 0 aliphatic carbocycles. The molecule has 4 rings (SSSR count). The minimum absolute atomic E-state index is 0.0595. The lowest BCUT2D eigenvalue weighted by Crippen LogP contribution is -2.44. The monoisotopic (exact) mass is 452 g/mol. The van der Waals surface area contributed by atoms with Crippen LogP contribution < -0.4 is 10.5 Å². The summed E-state index contributed by atoms with van der Waals surface area (Å²) >= 11 is 0. The molecule has 3 aromatic carbocycles. The molecule has 1 fully saturated rings. The number of aliphatic hydroxyl groups is 1. The molecule has 0 bridgehead atoms. The zero-order valence-electron chi connectivity index (χ0n) is 18.6. The summed E-state index contributed by atoms with van der Waals surface area (Å²) in [5.41, 5.74) is 6.37. The molecule has 0 atom stereocenters. The van der Waals surface area contributed by atoms with Gasteiger partial charge in [0.25, 0.3) is 0 Å². The molecule has 0 aromatic heterocycles. The summed E-state index contributed by atoms with van der Waals surface area (Å²) in [4.78, 5) is 2.37. The quantitative estimate of drug-likeness (QED) is 0.375. The zero-order chi connectivity index (χ0) is 23.3. The van der Waals surface area contributed by atoms with Crippen LogP contribution in [0.4, 0.5) is 14.5 Å². The average Bonchev–Trinajstić information content (AvgIpc) is 2.84. The average molecular weight is 453 g/mol. The normalized spacial score (nSPS) is 15.5. The Balaban J connectivity index is 1.37. The number of nitrogen functional groups attached to an aromatic ring is 1. The van der Waals surface area contributed by atoms with Gasteiger partial charge in [-0.05, 0) is 97.9 Å². The van der Waals surface area contributed by atoms with Crippen LogP contribution in [0.2, 0.25) is 0 Å². The van der Waals surface area contributed by atoms with Crippen molar-refractivity contribution in [2.24, 2.45) is 5.92 Å². The molecule has 33 heavy (non-hydrogen) atoms. The highest BCUT2D eigenvalue weighted by Crippen LogP contribution is 2.42. The van der Waals surface area contributed by atoms with Crippen molar-refractivity contribution in [2.45, 2.75) is 24.9 Å². The summed E-state index contributed by atoms with van der Waals surface area (Å²) in [6.45, 7) is 3.22. The van der Waals surface area contributed by atoms with Crippen LogP contribution >= 0.6 is 0 Å². The highest BCUT2D eigenvalue weighted by Gasteiger charge is 2.41. The van der Waals surface area contributed by atoms with E-state index in [1.807, 2.05) is 24.3 Å². The third-order valence-electron chi connectivity index (χ3n) is 6.51. The second-order valence-corrected chi connectivity index (χ2v) is 8.67. The van der Waals surface area contributed by atoms with Crippen molar-refractivity contribution in [3.8, 4) is 5.75 Å². The topological polar surface area (TPSA) is 58.7 Å². The van der Waals surface area contributed by atoms with Gasteiger partial charge in [-0.3, -0.25) is 0 Å². The molecule has 0 saturated carbocycles. The summed E-state index contributed by atoms with van der Waals surface area (Å²) < 4.78 is 32.9. The van der Waals surface area contributed by atoms with Gasteiger partial charge in [-0.1, -0.05) is 24.3 Å². The molecule has 174 valence electrons. The van der Waals surface area contributed by atoms with Crippen LogP contribution in [-0.4, -0.2) is 36.2 Å². The Hall–Kier alpha value is -2.96. The van der Waals surface area contributed by atoms with Gasteiger partial charge in [0.05, 0.1) is 6.61 Å². The molecule has 1 heterocycles. The van der Waals surface area contributed by atoms with E-state index in [1.54, 1.807) is 24.3 Å². The van der Waals surface area contributed by atoms with E-state index in [1.165, 1.54) is 24.3 Å². The lowest BCUT2D eigenvalue weighted by Gasteiger charge is -2.42. The van der Waals surface area contributed by atoms with Crippen molar-refractivity contribution in [3.63, 3.8) is 0 Å². The summed E-state index contributed by atoms with van der Waals surface area (Å²) in [7, 11) is 0. The number of piperidine rings is 1. The van der Waals surface area contributed by atoms with Gasteiger partial charge in [-0.2, -0.15) is 0 Å². The van der Waals surface area contributed by atoms with E-state index in [4.69, 9.17) is 10.5 Å². The van der Waals surface area contributed by atoms with E-state index in [0.717, 1.165) is 44.6 Å². The van der Waals surface area contributed by atoms with Gasteiger partial charge in [0.2, 0.25) is 0 Å². The summed E-state index contributed by atoms with van der Waals surface area (Å²) in [6, 6.07) is 19.3. The number of ether oxygens (including phenoxy) is 1. The first-order valence-electron chi connectivity index (χ1n) is 11.4. The zero-order valence-corrected chi connectivity index (χ0v) is 18.6. The molecule has 0 unspecified atom stereocenters. The van der Waals surface area contributed by atoms with Gasteiger partial charge in [0.1, 0.15) is 23.0 Å². The number of halogens is 2. The maximum absolute atomic E-state index is 13.5. The Kier molecular flexibility index (Phi) is 7.26. The van der Waals surface area contributed by atoms with Crippen LogP contribution in [0.25, 0.3) is 0 Å². The van der Waals surface area contributed by atoms with E-state index < -0.39 is 5.60 Å². The fourth-order valence-corrected chi connectivity index (χ4v) is 4.66. The van der Waals surface area contributed by atoms with Gasteiger partial charge in [-0.15, -0.1) is 0 Å². The third-order valence-corrected chi connectivity index (χ3v) is 6.51. The van der Waals surface area contributed by atoms with Gasteiger partial charge < -0.3 is 20.5 Å². The van der Waals surface area contributed by atoms with Crippen LogP contribution in [0.5, 0.6) is 5.75 Å². The number of anilines is 1. The van der Waals surface area contributed by atoms with Crippen LogP contribution in [0.1, 0.15) is 30.4 Å². The van der Waals surface area contributed by atoms with Gasteiger partial charge in [-0.25, -0.2) is 8.78 Å². The molecule has 0 spiro atoms. The number of rotatable bonds is 8. The number of nitrogens with zero attached hydrogens (tertiary/aromatic N) is 1. The van der Waals surface area contributed by atoms with Gasteiger partial charge in [0, 0.05) is 12.2 Å². The van der Waals surface area contributed by atoms with Crippen molar-refractivity contribution in [1.29, 1.82) is 0 Å². The van der Waals surface area contributed by atoms with E-state index in [9.17, 15) is 13.9 Å². The molecule has 1 aliphatic rings. The number of hydrogen-bond acceptors (Lipinski definition) is 4. The first-order valence-corrected chi connectivity index (χ1v) is 11.4. The number of benzene rings is 3. The molecule has 3 N–H and O–H groups in total. The molecular formula is C27H30F2N2O2. The summed E-state index contributed by atoms with van der Waals surface area (Å²) in [6.07, 6.45) is 2.46. The van der Waals surface area contributed by atoms with E-state index in [0.29, 0.717) is 23.4 Å². The lowest BCUT2D eigenvalue weighted by molar-refractivity contribution is -0.0146. The fraction of sp³-hybridized carbons (Fsp3) is 0.333. The predicted molar refractivity (Wildman–Crippen MR) is 126 cm³/mol. The SMILES string of the molecule is Nc1ccc(OCCCN2CCC(C(O)(c3ccc(F)cc3)c3ccc(F)cc3)CC2)cc1. The molecule has 1 saturated heterocycles. The molecule has 0 amide bonds. The first-order chi connectivity index (χ1) is 15.9. The summed E-state index contributed by atoms with van der Waals surface area (Å²) in [5.74, 6) is 0.0506. The maximum atomic E-state index is 13.5. The van der Waals surface area contributed by atoms with Crippen LogP contribution in [0.15, 0.2) is 72.8 Å². The second-order valence-electron chi connectivity index (χ2n) is 8.67. The standard InChI is InChI=1S/C27H30F2N2O2/c28-23-6-2-20(3-7-23)27(32,21-4-8-24(29)9-5-21)22-14-17-31(18-15-22)16-1-19-33-26-12-10-25(30)11-13-26/h2-13,22,32H,1,14-19,30H2. The van der Waals surface area contributed by atoms with E-state index >= 15 is 0 Å². The number of likely N-dealkylation sites (tertiary alicyclic amines) is 1. The minimum Gasteiger partial charge on any atom is -0.494 e. The Morgan fingerprint density at radius 3 is 1.88 bits per heavy atom. The fourth-order valence-electron chi connectivity index (χ4n) is 4.66. The Bertz CT molecular complexity index is 970. The molecular weight excluding hydrogens is 422 g/mol. The molecule has 6 heteroatoms. The van der Waals surface area contributed by atoms with Gasteiger partial charge >= 0.3 is 0 Å². The first kappa shape index (κ1) is 23.2. The highest BCUT2D eigenvalue weighted by atomic mass is 19.1. The lowest BCUT2D eigenvalue weighted by atomic mass is 9.72. The Labute approximate surface area is 193 Å². The van der Waals surface area contributed by atoms with Crippen molar-refractivity contribution < 1.29 is 18.6 Å². The van der Waals surface area contributed by atoms with E-state index in [2.05, 4.69) is 4.90 Å². The van der Waals surface area contributed by atoms with Crippen molar-refractivity contribution in [2.75, 3.05) is 32.0 Å². The molecule has 3 aromatic rings. The molecule has 1 aliphatic heterocycles. The number of hydrogen-bond donors (Lipinski definition) is 2.